The van der Waals surface area contributed by atoms with E-state index in [9.17, 15) is 4.39 Å². The summed E-state index contributed by atoms with van der Waals surface area (Å²) in [5, 5.41) is 9.19. The van der Waals surface area contributed by atoms with E-state index < -0.39 is 5.82 Å². The Morgan fingerprint density at radius 3 is 2.79 bits per heavy atom. The Morgan fingerprint density at radius 2 is 2.21 bits per heavy atom. The molecule has 14 heavy (non-hydrogen) atoms. The zero-order valence-corrected chi connectivity index (χ0v) is 8.89. The minimum Gasteiger partial charge on any atom is -0.396 e. The van der Waals surface area contributed by atoms with E-state index in [4.69, 9.17) is 16.7 Å². The zero-order chi connectivity index (χ0) is 10.6. The van der Waals surface area contributed by atoms with Gasteiger partial charge in [0.25, 0.3) is 0 Å². The molecule has 0 aliphatic carbocycles. The average molecular weight is 217 g/mol. The normalized spacial score (nSPS) is 12.9. The van der Waals surface area contributed by atoms with Crippen molar-refractivity contribution in [1.82, 2.24) is 0 Å². The summed E-state index contributed by atoms with van der Waals surface area (Å²) in [7, 11) is 0. The Balaban J connectivity index is 2.80. The molecule has 1 unspecified atom stereocenters. The Labute approximate surface area is 88.5 Å². The lowest BCUT2D eigenvalue weighted by Gasteiger charge is -2.12. The third-order valence-electron chi connectivity index (χ3n) is 2.38. The first-order valence-corrected chi connectivity index (χ1v) is 5.10. The summed E-state index contributed by atoms with van der Waals surface area (Å²) in [6, 6.07) is 4.77. The summed E-state index contributed by atoms with van der Waals surface area (Å²) in [6.45, 7) is 2.11. The molecule has 0 aliphatic heterocycles. The van der Waals surface area contributed by atoms with Crippen LogP contribution in [0.15, 0.2) is 18.2 Å². The second-order valence-corrected chi connectivity index (χ2v) is 3.75. The van der Waals surface area contributed by atoms with Crippen molar-refractivity contribution in [1.29, 1.82) is 0 Å². The zero-order valence-electron chi connectivity index (χ0n) is 8.13. The number of benzene rings is 1. The van der Waals surface area contributed by atoms with Crippen molar-refractivity contribution in [2.24, 2.45) is 5.92 Å². The molecule has 1 atom stereocenters. The molecule has 0 spiro atoms. The van der Waals surface area contributed by atoms with Gasteiger partial charge in [-0.15, -0.1) is 0 Å². The summed E-state index contributed by atoms with van der Waals surface area (Å²) in [6.07, 6.45) is 1.49. The van der Waals surface area contributed by atoms with Gasteiger partial charge in [-0.05, 0) is 24.0 Å². The van der Waals surface area contributed by atoms with Gasteiger partial charge in [0.2, 0.25) is 0 Å². The molecule has 0 bridgehead atoms. The molecule has 0 radical (unpaired) electrons. The van der Waals surface area contributed by atoms with Crippen LogP contribution >= 0.6 is 11.6 Å². The topological polar surface area (TPSA) is 20.2 Å². The van der Waals surface area contributed by atoms with Gasteiger partial charge in [0.1, 0.15) is 5.82 Å². The van der Waals surface area contributed by atoms with Crippen LogP contribution in [0.2, 0.25) is 5.02 Å². The van der Waals surface area contributed by atoms with E-state index in [1.807, 2.05) is 6.92 Å². The third-order valence-corrected chi connectivity index (χ3v) is 2.80. The number of hydrogen-bond donors (Lipinski definition) is 1. The van der Waals surface area contributed by atoms with Crippen molar-refractivity contribution in [3.05, 3.63) is 34.6 Å². The van der Waals surface area contributed by atoms with Gasteiger partial charge in [-0.2, -0.15) is 0 Å². The van der Waals surface area contributed by atoms with Crippen LogP contribution in [0.5, 0.6) is 0 Å². The summed E-state index contributed by atoms with van der Waals surface area (Å²) in [5.41, 5.74) is 0.771. The van der Waals surface area contributed by atoms with E-state index in [1.165, 1.54) is 6.07 Å². The van der Waals surface area contributed by atoms with Crippen molar-refractivity contribution in [2.45, 2.75) is 19.8 Å². The lowest BCUT2D eigenvalue weighted by molar-refractivity contribution is 0.222. The Hall–Kier alpha value is -0.600. The van der Waals surface area contributed by atoms with Gasteiger partial charge in [0.15, 0.2) is 0 Å². The maximum absolute atomic E-state index is 13.0. The van der Waals surface area contributed by atoms with Crippen LogP contribution < -0.4 is 0 Å². The fraction of sp³-hybridized carbons (Fsp3) is 0.455. The minimum absolute atomic E-state index is 0.114. The predicted octanol–water partition coefficient (Wildman–Crippen LogP) is 3.04. The van der Waals surface area contributed by atoms with Crippen LogP contribution in [0.4, 0.5) is 4.39 Å². The Morgan fingerprint density at radius 1 is 1.50 bits per heavy atom. The monoisotopic (exact) mass is 216 g/mol. The third kappa shape index (κ3) is 2.69. The SMILES string of the molecule is CCC(CO)Cc1cccc(F)c1Cl. The van der Waals surface area contributed by atoms with Crippen LogP contribution in [0.25, 0.3) is 0 Å². The number of rotatable bonds is 4. The van der Waals surface area contributed by atoms with Crippen LogP contribution in [0.3, 0.4) is 0 Å². The van der Waals surface area contributed by atoms with Crippen molar-refractivity contribution in [2.75, 3.05) is 6.61 Å². The van der Waals surface area contributed by atoms with Gasteiger partial charge in [-0.25, -0.2) is 4.39 Å². The molecule has 0 fully saturated rings. The lowest BCUT2D eigenvalue weighted by atomic mass is 9.98. The smallest absolute Gasteiger partial charge is 0.142 e. The summed E-state index contributed by atoms with van der Waals surface area (Å²) < 4.78 is 13.0. The molecule has 1 nitrogen and oxygen atoms in total. The van der Waals surface area contributed by atoms with E-state index in [0.29, 0.717) is 6.42 Å². The summed E-state index contributed by atoms with van der Waals surface area (Å²) in [4.78, 5) is 0. The van der Waals surface area contributed by atoms with Crippen molar-refractivity contribution in [3.8, 4) is 0 Å². The molecule has 78 valence electrons. The van der Waals surface area contributed by atoms with E-state index in [1.54, 1.807) is 12.1 Å². The molecule has 1 rings (SSSR count). The fourth-order valence-electron chi connectivity index (χ4n) is 1.36. The van der Waals surface area contributed by atoms with Crippen molar-refractivity contribution < 1.29 is 9.50 Å². The Bertz CT molecular complexity index is 297. The lowest BCUT2D eigenvalue weighted by Crippen LogP contribution is -2.08. The maximum Gasteiger partial charge on any atom is 0.142 e. The fourth-order valence-corrected chi connectivity index (χ4v) is 1.56. The number of aliphatic hydroxyl groups is 1. The van der Waals surface area contributed by atoms with Gasteiger partial charge < -0.3 is 5.11 Å². The second-order valence-electron chi connectivity index (χ2n) is 3.37. The predicted molar refractivity (Wildman–Crippen MR) is 56.0 cm³/mol. The summed E-state index contributed by atoms with van der Waals surface area (Å²) in [5.74, 6) is -0.230. The molecule has 0 saturated carbocycles. The molecular weight excluding hydrogens is 203 g/mol. The van der Waals surface area contributed by atoms with E-state index in [2.05, 4.69) is 0 Å². The van der Waals surface area contributed by atoms with Crippen molar-refractivity contribution in [3.63, 3.8) is 0 Å². The highest BCUT2D eigenvalue weighted by Gasteiger charge is 2.10. The molecular formula is C11H14ClFO. The molecule has 0 heterocycles. The molecule has 0 aromatic heterocycles. The van der Waals surface area contributed by atoms with Crippen LogP contribution in [-0.4, -0.2) is 11.7 Å². The highest BCUT2D eigenvalue weighted by Crippen LogP contribution is 2.23. The standard InChI is InChI=1S/C11H14ClFO/c1-2-8(7-14)6-9-4-3-5-10(13)11(9)12/h3-5,8,14H,2,6-7H2,1H3. The average Bonchev–Trinajstić information content (AvgIpc) is 2.20. The first-order valence-electron chi connectivity index (χ1n) is 4.72. The van der Waals surface area contributed by atoms with Crippen molar-refractivity contribution >= 4 is 11.6 Å². The number of hydrogen-bond acceptors (Lipinski definition) is 1. The molecule has 0 aliphatic rings. The Kier molecular flexibility index (Phi) is 4.36. The molecule has 0 saturated heterocycles. The highest BCUT2D eigenvalue weighted by atomic mass is 35.5. The van der Waals surface area contributed by atoms with Crippen LogP contribution in [0.1, 0.15) is 18.9 Å². The molecule has 0 amide bonds. The van der Waals surface area contributed by atoms with Gasteiger partial charge in [-0.3, -0.25) is 0 Å². The maximum atomic E-state index is 13.0. The quantitative estimate of drug-likeness (QED) is 0.820. The molecule has 1 N–H and O–H groups in total. The van der Waals surface area contributed by atoms with E-state index >= 15 is 0 Å². The minimum atomic E-state index is -0.392. The summed E-state index contributed by atoms with van der Waals surface area (Å²) >= 11 is 5.79. The van der Waals surface area contributed by atoms with Gasteiger partial charge >= 0.3 is 0 Å². The molecule has 1 aromatic carbocycles. The van der Waals surface area contributed by atoms with Gasteiger partial charge in [0, 0.05) is 6.61 Å². The molecule has 3 heteroatoms. The first-order chi connectivity index (χ1) is 6.69. The highest BCUT2D eigenvalue weighted by molar-refractivity contribution is 6.31. The largest absolute Gasteiger partial charge is 0.396 e. The second kappa shape index (κ2) is 5.32. The molecule has 1 aromatic rings. The van der Waals surface area contributed by atoms with E-state index in [0.717, 1.165) is 12.0 Å². The first kappa shape index (κ1) is 11.5. The van der Waals surface area contributed by atoms with Gasteiger partial charge in [-0.1, -0.05) is 37.1 Å². The number of aliphatic hydroxyl groups excluding tert-OH is 1. The van der Waals surface area contributed by atoms with Crippen LogP contribution in [0, 0.1) is 11.7 Å². The van der Waals surface area contributed by atoms with Gasteiger partial charge in [0.05, 0.1) is 5.02 Å². The van der Waals surface area contributed by atoms with Crippen LogP contribution in [-0.2, 0) is 6.42 Å². The van der Waals surface area contributed by atoms with E-state index in [-0.39, 0.29) is 17.5 Å². The number of halogens is 2.